The third-order valence-electron chi connectivity index (χ3n) is 5.02. The monoisotopic (exact) mass is 345 g/mol. The molecule has 3 rings (SSSR count). The van der Waals surface area contributed by atoms with Crippen LogP contribution in [0.3, 0.4) is 0 Å². The van der Waals surface area contributed by atoms with Crippen molar-refractivity contribution in [2.45, 2.75) is 38.3 Å². The lowest BCUT2D eigenvalue weighted by molar-refractivity contribution is -0.137. The summed E-state index contributed by atoms with van der Waals surface area (Å²) in [4.78, 5) is 29.1. The van der Waals surface area contributed by atoms with Gasteiger partial charge in [-0.25, -0.2) is 4.79 Å². The van der Waals surface area contributed by atoms with E-state index in [0.29, 0.717) is 32.7 Å². The number of benzene rings is 1. The van der Waals surface area contributed by atoms with Gasteiger partial charge in [-0.15, -0.1) is 0 Å². The van der Waals surface area contributed by atoms with Gasteiger partial charge in [0.25, 0.3) is 0 Å². The maximum atomic E-state index is 12.8. The fourth-order valence-electron chi connectivity index (χ4n) is 3.61. The van der Waals surface area contributed by atoms with Gasteiger partial charge in [-0.1, -0.05) is 37.3 Å². The van der Waals surface area contributed by atoms with Crippen LogP contribution in [0.1, 0.15) is 37.8 Å². The van der Waals surface area contributed by atoms with Gasteiger partial charge in [0.1, 0.15) is 6.04 Å². The number of likely N-dealkylation sites (tertiary alicyclic amines) is 1. The molecule has 6 heteroatoms. The first kappa shape index (κ1) is 17.7. The summed E-state index contributed by atoms with van der Waals surface area (Å²) in [6.45, 7) is 5.00. The second-order valence-electron chi connectivity index (χ2n) is 6.61. The largest absolute Gasteiger partial charge is 0.378 e. The first-order valence-corrected chi connectivity index (χ1v) is 9.19. The minimum Gasteiger partial charge on any atom is -0.378 e. The lowest BCUT2D eigenvalue weighted by atomic mass is 10.1. The molecule has 1 aromatic carbocycles. The third-order valence-corrected chi connectivity index (χ3v) is 5.02. The number of nitrogens with one attached hydrogen (secondary N) is 1. The summed E-state index contributed by atoms with van der Waals surface area (Å²) in [5.41, 5.74) is 1.16. The Morgan fingerprint density at radius 2 is 1.92 bits per heavy atom. The van der Waals surface area contributed by atoms with Crippen LogP contribution in [0.5, 0.6) is 0 Å². The summed E-state index contributed by atoms with van der Waals surface area (Å²) in [5, 5.41) is 2.96. The van der Waals surface area contributed by atoms with Crippen molar-refractivity contribution in [2.24, 2.45) is 0 Å². The molecule has 0 saturated carbocycles. The number of amides is 3. The van der Waals surface area contributed by atoms with E-state index in [9.17, 15) is 9.59 Å². The molecular formula is C19H27N3O3. The number of nitrogens with zero attached hydrogens (tertiary/aromatic N) is 2. The van der Waals surface area contributed by atoms with E-state index in [4.69, 9.17) is 4.74 Å². The van der Waals surface area contributed by atoms with Gasteiger partial charge in [-0.05, 0) is 24.8 Å². The van der Waals surface area contributed by atoms with Gasteiger partial charge in [0.15, 0.2) is 0 Å². The minimum atomic E-state index is -0.470. The fraction of sp³-hybridized carbons (Fsp3) is 0.579. The molecule has 1 N–H and O–H groups in total. The normalized spacial score (nSPS) is 21.9. The Morgan fingerprint density at radius 3 is 2.60 bits per heavy atom. The third kappa shape index (κ3) is 4.12. The van der Waals surface area contributed by atoms with Crippen molar-refractivity contribution >= 4 is 11.9 Å². The Kier molecular flexibility index (Phi) is 5.91. The molecule has 1 aromatic rings. The van der Waals surface area contributed by atoms with Crippen LogP contribution in [0.25, 0.3) is 0 Å². The molecule has 0 aliphatic carbocycles. The van der Waals surface area contributed by atoms with Crippen molar-refractivity contribution < 1.29 is 14.3 Å². The molecule has 3 amide bonds. The molecule has 2 fully saturated rings. The molecular weight excluding hydrogens is 318 g/mol. The number of carbonyl (C=O) groups excluding carboxylic acids is 2. The number of ether oxygens (including phenoxy) is 1. The zero-order chi connectivity index (χ0) is 17.6. The summed E-state index contributed by atoms with van der Waals surface area (Å²) in [5.74, 6) is -0.00499. The molecule has 2 aliphatic rings. The van der Waals surface area contributed by atoms with Crippen LogP contribution in [0.2, 0.25) is 0 Å². The van der Waals surface area contributed by atoms with Crippen LogP contribution in [-0.2, 0) is 9.53 Å². The van der Waals surface area contributed by atoms with Crippen molar-refractivity contribution in [3.8, 4) is 0 Å². The maximum Gasteiger partial charge on any atom is 0.318 e. The molecule has 2 aliphatic heterocycles. The fourth-order valence-corrected chi connectivity index (χ4v) is 3.61. The molecule has 0 bridgehead atoms. The predicted molar refractivity (Wildman–Crippen MR) is 95.1 cm³/mol. The van der Waals surface area contributed by atoms with Crippen molar-refractivity contribution in [1.29, 1.82) is 0 Å². The lowest BCUT2D eigenvalue weighted by Crippen LogP contribution is -2.54. The summed E-state index contributed by atoms with van der Waals surface area (Å²) in [6, 6.07) is 9.59. The quantitative estimate of drug-likeness (QED) is 0.910. The van der Waals surface area contributed by atoms with Crippen molar-refractivity contribution in [3.63, 3.8) is 0 Å². The molecule has 0 radical (unpaired) electrons. The van der Waals surface area contributed by atoms with E-state index < -0.39 is 6.04 Å². The minimum absolute atomic E-state index is 0.00499. The SMILES string of the molecule is CC[C@H](NC(=O)N1CCC[C@@H]1c1ccccc1)C(=O)N1CCOCC1. The van der Waals surface area contributed by atoms with Crippen LogP contribution in [0, 0.1) is 0 Å². The molecule has 0 aromatic heterocycles. The number of urea groups is 1. The van der Waals surface area contributed by atoms with Gasteiger partial charge >= 0.3 is 6.03 Å². The number of hydrogen-bond acceptors (Lipinski definition) is 3. The van der Waals surface area contributed by atoms with Crippen molar-refractivity contribution in [3.05, 3.63) is 35.9 Å². The molecule has 0 unspecified atom stereocenters. The molecule has 2 heterocycles. The Morgan fingerprint density at radius 1 is 1.20 bits per heavy atom. The maximum absolute atomic E-state index is 12.8. The van der Waals surface area contributed by atoms with E-state index in [0.717, 1.165) is 24.9 Å². The summed E-state index contributed by atoms with van der Waals surface area (Å²) in [6.07, 6.45) is 2.54. The first-order valence-electron chi connectivity index (χ1n) is 9.19. The highest BCUT2D eigenvalue weighted by atomic mass is 16.5. The van der Waals surface area contributed by atoms with Gasteiger partial charge in [-0.3, -0.25) is 4.79 Å². The predicted octanol–water partition coefficient (Wildman–Crippen LogP) is 2.17. The zero-order valence-electron chi connectivity index (χ0n) is 14.8. The smallest absolute Gasteiger partial charge is 0.318 e. The van der Waals surface area contributed by atoms with Crippen molar-refractivity contribution in [1.82, 2.24) is 15.1 Å². The topological polar surface area (TPSA) is 61.9 Å². The van der Waals surface area contributed by atoms with Gasteiger partial charge in [0, 0.05) is 19.6 Å². The van der Waals surface area contributed by atoms with Gasteiger partial charge in [0.2, 0.25) is 5.91 Å². The number of morpholine rings is 1. The van der Waals surface area contributed by atoms with Gasteiger partial charge in [0.05, 0.1) is 19.3 Å². The molecule has 25 heavy (non-hydrogen) atoms. The van der Waals surface area contributed by atoms with E-state index in [1.807, 2.05) is 30.0 Å². The Bertz CT molecular complexity index is 587. The second kappa shape index (κ2) is 8.34. The van der Waals surface area contributed by atoms with E-state index in [2.05, 4.69) is 17.4 Å². The highest BCUT2D eigenvalue weighted by Gasteiger charge is 2.33. The highest BCUT2D eigenvalue weighted by Crippen LogP contribution is 2.31. The Labute approximate surface area is 149 Å². The number of rotatable bonds is 4. The first-order chi connectivity index (χ1) is 12.2. The van der Waals surface area contributed by atoms with Gasteiger partial charge < -0.3 is 19.9 Å². The molecule has 2 saturated heterocycles. The molecule has 0 spiro atoms. The summed E-state index contributed by atoms with van der Waals surface area (Å²) < 4.78 is 5.30. The standard InChI is InChI=1S/C19H27N3O3/c1-2-16(18(23)21-11-13-25-14-12-21)20-19(24)22-10-6-9-17(22)15-7-4-3-5-8-15/h3-5,7-8,16-17H,2,6,9-14H2,1H3,(H,20,24)/t16-,17+/m0/s1. The van der Waals surface area contributed by atoms with Crippen LogP contribution < -0.4 is 5.32 Å². The van der Waals surface area contributed by atoms with Crippen LogP contribution in [-0.4, -0.2) is 60.6 Å². The second-order valence-corrected chi connectivity index (χ2v) is 6.61. The average Bonchev–Trinajstić information content (AvgIpc) is 3.17. The van der Waals surface area contributed by atoms with Crippen LogP contribution in [0.15, 0.2) is 30.3 Å². The average molecular weight is 345 g/mol. The Balaban J connectivity index is 1.64. The summed E-state index contributed by atoms with van der Waals surface area (Å²) >= 11 is 0. The lowest BCUT2D eigenvalue weighted by Gasteiger charge is -2.32. The van der Waals surface area contributed by atoms with E-state index in [1.54, 1.807) is 4.90 Å². The number of hydrogen-bond donors (Lipinski definition) is 1. The van der Waals surface area contributed by atoms with Crippen LogP contribution >= 0.6 is 0 Å². The zero-order valence-corrected chi connectivity index (χ0v) is 14.8. The van der Waals surface area contributed by atoms with E-state index in [1.165, 1.54) is 0 Å². The van der Waals surface area contributed by atoms with Gasteiger partial charge in [-0.2, -0.15) is 0 Å². The number of carbonyl (C=O) groups is 2. The highest BCUT2D eigenvalue weighted by molar-refractivity contribution is 5.87. The summed E-state index contributed by atoms with van der Waals surface area (Å²) in [7, 11) is 0. The molecule has 136 valence electrons. The Hall–Kier alpha value is -2.08. The van der Waals surface area contributed by atoms with E-state index >= 15 is 0 Å². The molecule has 2 atom stereocenters. The van der Waals surface area contributed by atoms with Crippen LogP contribution in [0.4, 0.5) is 4.79 Å². The van der Waals surface area contributed by atoms with Crippen molar-refractivity contribution in [2.75, 3.05) is 32.8 Å². The molecule has 6 nitrogen and oxygen atoms in total. The van der Waals surface area contributed by atoms with E-state index in [-0.39, 0.29) is 18.0 Å².